The minimum absolute atomic E-state index is 0.192. The molecule has 6 heteroatoms. The smallest absolute Gasteiger partial charge is 0.256 e. The third-order valence-electron chi connectivity index (χ3n) is 4.20. The number of fused-ring (bicyclic) bond motifs is 3. The van der Waals surface area contributed by atoms with Crippen LogP contribution in [0.3, 0.4) is 0 Å². The van der Waals surface area contributed by atoms with E-state index >= 15 is 0 Å². The van der Waals surface area contributed by atoms with Gasteiger partial charge in [-0.15, -0.1) is 5.10 Å². The number of benzene rings is 1. The SMILES string of the molecule is O=C1C(=O)c2nnn(C3CCNCC3)c2-c2ccccc21. The molecule has 1 N–H and O–H groups in total. The van der Waals surface area contributed by atoms with E-state index in [4.69, 9.17) is 0 Å². The molecule has 0 bridgehead atoms. The number of piperidine rings is 1. The number of nitrogens with one attached hydrogen (secondary N) is 1. The van der Waals surface area contributed by atoms with Gasteiger partial charge in [-0.1, -0.05) is 29.5 Å². The zero-order valence-electron chi connectivity index (χ0n) is 11.4. The highest BCUT2D eigenvalue weighted by Gasteiger charge is 2.36. The molecule has 0 amide bonds. The minimum Gasteiger partial charge on any atom is -0.317 e. The summed E-state index contributed by atoms with van der Waals surface area (Å²) in [7, 11) is 0. The topological polar surface area (TPSA) is 76.9 Å². The van der Waals surface area contributed by atoms with Crippen LogP contribution in [0.25, 0.3) is 11.3 Å². The summed E-state index contributed by atoms with van der Waals surface area (Å²) in [6.07, 6.45) is 1.89. The Morgan fingerprint density at radius 2 is 1.76 bits per heavy atom. The Bertz CT molecular complexity index is 744. The van der Waals surface area contributed by atoms with E-state index in [-0.39, 0.29) is 11.7 Å². The first-order chi connectivity index (χ1) is 10.3. The normalized spacial score (nSPS) is 18.5. The highest BCUT2D eigenvalue weighted by atomic mass is 16.2. The van der Waals surface area contributed by atoms with Gasteiger partial charge in [-0.25, -0.2) is 4.68 Å². The second kappa shape index (κ2) is 4.60. The van der Waals surface area contributed by atoms with Crippen molar-refractivity contribution in [3.05, 3.63) is 35.5 Å². The zero-order valence-corrected chi connectivity index (χ0v) is 11.4. The Hall–Kier alpha value is -2.34. The lowest BCUT2D eigenvalue weighted by molar-refractivity contribution is 0.0812. The number of carbonyl (C=O) groups is 2. The van der Waals surface area contributed by atoms with Crippen LogP contribution < -0.4 is 5.32 Å². The highest BCUT2D eigenvalue weighted by Crippen LogP contribution is 2.35. The summed E-state index contributed by atoms with van der Waals surface area (Å²) in [5.74, 6) is -1.04. The third kappa shape index (κ3) is 1.76. The van der Waals surface area contributed by atoms with E-state index in [1.54, 1.807) is 12.1 Å². The number of Topliss-reactive ketones (excluding diaryl/α,β-unsaturated/α-hetero) is 2. The summed E-state index contributed by atoms with van der Waals surface area (Å²) >= 11 is 0. The van der Waals surface area contributed by atoms with Crippen LogP contribution >= 0.6 is 0 Å². The molecule has 0 radical (unpaired) electrons. The Kier molecular flexibility index (Phi) is 2.71. The Labute approximate surface area is 121 Å². The first-order valence-corrected chi connectivity index (χ1v) is 7.11. The van der Waals surface area contributed by atoms with Crippen LogP contribution in [0.15, 0.2) is 24.3 Å². The van der Waals surface area contributed by atoms with Crippen LogP contribution in [0.2, 0.25) is 0 Å². The Morgan fingerprint density at radius 1 is 1.05 bits per heavy atom. The molecule has 1 aliphatic carbocycles. The van der Waals surface area contributed by atoms with Gasteiger partial charge in [-0.3, -0.25) is 9.59 Å². The first kappa shape index (κ1) is 12.4. The first-order valence-electron chi connectivity index (χ1n) is 7.11. The zero-order chi connectivity index (χ0) is 14.4. The monoisotopic (exact) mass is 282 g/mol. The number of ketones is 2. The summed E-state index contributed by atoms with van der Waals surface area (Å²) in [6.45, 7) is 1.85. The summed E-state index contributed by atoms with van der Waals surface area (Å²) in [6, 6.07) is 7.41. The molecule has 1 fully saturated rings. The molecule has 106 valence electrons. The van der Waals surface area contributed by atoms with Gasteiger partial charge in [-0.2, -0.15) is 0 Å². The van der Waals surface area contributed by atoms with Crippen LogP contribution in [0.1, 0.15) is 39.7 Å². The fraction of sp³-hybridized carbons (Fsp3) is 0.333. The van der Waals surface area contributed by atoms with Gasteiger partial charge in [0.25, 0.3) is 5.78 Å². The largest absolute Gasteiger partial charge is 0.317 e. The van der Waals surface area contributed by atoms with E-state index in [0.29, 0.717) is 11.3 Å². The fourth-order valence-corrected chi connectivity index (χ4v) is 3.12. The van der Waals surface area contributed by atoms with Gasteiger partial charge in [0.05, 0.1) is 6.04 Å². The van der Waals surface area contributed by atoms with Crippen molar-refractivity contribution < 1.29 is 9.59 Å². The summed E-state index contributed by atoms with van der Waals surface area (Å²) < 4.78 is 1.83. The van der Waals surface area contributed by atoms with Crippen LogP contribution in [-0.4, -0.2) is 39.6 Å². The molecular formula is C15H14N4O2. The molecule has 2 aromatic rings. The van der Waals surface area contributed by atoms with Gasteiger partial charge in [0.15, 0.2) is 5.69 Å². The molecule has 2 heterocycles. The number of hydrogen-bond acceptors (Lipinski definition) is 5. The molecule has 2 aliphatic rings. The molecule has 0 atom stereocenters. The molecule has 4 rings (SSSR count). The predicted molar refractivity (Wildman–Crippen MR) is 75.3 cm³/mol. The third-order valence-corrected chi connectivity index (χ3v) is 4.20. The molecule has 1 aromatic carbocycles. The number of rotatable bonds is 1. The Balaban J connectivity index is 1.91. The van der Waals surface area contributed by atoms with Crippen molar-refractivity contribution in [2.24, 2.45) is 0 Å². The maximum absolute atomic E-state index is 12.2. The molecule has 0 spiro atoms. The van der Waals surface area contributed by atoms with Gasteiger partial charge < -0.3 is 5.32 Å². The van der Waals surface area contributed by atoms with Crippen molar-refractivity contribution >= 4 is 11.6 Å². The highest BCUT2D eigenvalue weighted by molar-refractivity contribution is 6.52. The molecule has 1 aromatic heterocycles. The lowest BCUT2D eigenvalue weighted by Gasteiger charge is -2.25. The van der Waals surface area contributed by atoms with Crippen molar-refractivity contribution in [3.8, 4) is 11.3 Å². The predicted octanol–water partition coefficient (Wildman–Crippen LogP) is 1.25. The van der Waals surface area contributed by atoms with E-state index in [1.807, 2.05) is 16.8 Å². The average molecular weight is 282 g/mol. The van der Waals surface area contributed by atoms with Crippen LogP contribution in [0, 0.1) is 0 Å². The molecule has 1 aliphatic heterocycles. The Morgan fingerprint density at radius 3 is 2.52 bits per heavy atom. The number of hydrogen-bond donors (Lipinski definition) is 1. The lowest BCUT2D eigenvalue weighted by atomic mass is 9.89. The van der Waals surface area contributed by atoms with Gasteiger partial charge in [0, 0.05) is 11.1 Å². The molecule has 21 heavy (non-hydrogen) atoms. The summed E-state index contributed by atoms with van der Waals surface area (Å²) in [4.78, 5) is 24.3. The van der Waals surface area contributed by atoms with Crippen molar-refractivity contribution in [3.63, 3.8) is 0 Å². The maximum Gasteiger partial charge on any atom is 0.256 e. The standard InChI is InChI=1S/C15H14N4O2/c20-14-11-4-2-1-3-10(11)13-12(15(14)21)17-18-19(13)9-5-7-16-8-6-9/h1-4,9,16H,5-8H2. The minimum atomic E-state index is -0.552. The van der Waals surface area contributed by atoms with Crippen LogP contribution in [0.4, 0.5) is 0 Å². The second-order valence-corrected chi connectivity index (χ2v) is 5.42. The van der Waals surface area contributed by atoms with E-state index < -0.39 is 11.6 Å². The quantitative estimate of drug-likeness (QED) is 0.796. The van der Waals surface area contributed by atoms with Crippen molar-refractivity contribution in [1.29, 1.82) is 0 Å². The second-order valence-electron chi connectivity index (χ2n) is 5.42. The molecule has 0 unspecified atom stereocenters. The lowest BCUT2D eigenvalue weighted by Crippen LogP contribution is -2.31. The average Bonchev–Trinajstić information content (AvgIpc) is 2.99. The van der Waals surface area contributed by atoms with E-state index in [9.17, 15) is 9.59 Å². The number of nitrogens with zero attached hydrogens (tertiary/aromatic N) is 3. The van der Waals surface area contributed by atoms with E-state index in [1.165, 1.54) is 0 Å². The van der Waals surface area contributed by atoms with Gasteiger partial charge in [-0.05, 0) is 25.9 Å². The summed E-state index contributed by atoms with van der Waals surface area (Å²) in [5.41, 5.74) is 2.10. The molecular weight excluding hydrogens is 268 g/mol. The molecule has 0 saturated carbocycles. The van der Waals surface area contributed by atoms with Gasteiger partial charge in [0.1, 0.15) is 5.69 Å². The van der Waals surface area contributed by atoms with Crippen molar-refractivity contribution in [2.45, 2.75) is 18.9 Å². The number of carbonyl (C=O) groups excluding carboxylic acids is 2. The van der Waals surface area contributed by atoms with E-state index in [0.717, 1.165) is 31.5 Å². The van der Waals surface area contributed by atoms with Gasteiger partial charge >= 0.3 is 0 Å². The number of aromatic nitrogens is 3. The van der Waals surface area contributed by atoms with Crippen LogP contribution in [-0.2, 0) is 0 Å². The fourth-order valence-electron chi connectivity index (χ4n) is 3.12. The summed E-state index contributed by atoms with van der Waals surface area (Å²) in [5, 5.41) is 11.5. The van der Waals surface area contributed by atoms with Gasteiger partial charge in [0.2, 0.25) is 5.78 Å². The molecule has 1 saturated heterocycles. The van der Waals surface area contributed by atoms with Crippen molar-refractivity contribution in [1.82, 2.24) is 20.3 Å². The van der Waals surface area contributed by atoms with Crippen LogP contribution in [0.5, 0.6) is 0 Å². The van der Waals surface area contributed by atoms with Crippen molar-refractivity contribution in [2.75, 3.05) is 13.1 Å². The molecule has 6 nitrogen and oxygen atoms in total. The van der Waals surface area contributed by atoms with E-state index in [2.05, 4.69) is 15.6 Å². The maximum atomic E-state index is 12.2.